The Kier molecular flexibility index (Phi) is 10.9. The van der Waals surface area contributed by atoms with Crippen LogP contribution in [0.15, 0.2) is 24.8 Å². The zero-order valence-electron chi connectivity index (χ0n) is 19.8. The Morgan fingerprint density at radius 1 is 1.10 bits per heavy atom. The maximum Gasteiger partial charge on any atom is 0.331 e. The lowest BCUT2D eigenvalue weighted by Gasteiger charge is -2.37. The zero-order chi connectivity index (χ0) is 22.8. The zero-order valence-corrected chi connectivity index (χ0v) is 19.8. The average molecular weight is 421 g/mol. The molecule has 0 aromatic carbocycles. The number of hydrogen-bond donors (Lipinski definition) is 1. The summed E-state index contributed by atoms with van der Waals surface area (Å²) in [4.78, 5) is 22.1. The van der Waals surface area contributed by atoms with E-state index in [2.05, 4.69) is 40.9 Å². The fourth-order valence-electron chi connectivity index (χ4n) is 4.84. The molecule has 0 radical (unpaired) electrons. The largest absolute Gasteiger partial charge is 0.478 e. The number of carbonyl (C=O) groups is 2. The van der Waals surface area contributed by atoms with Crippen molar-refractivity contribution in [1.82, 2.24) is 0 Å². The van der Waals surface area contributed by atoms with Crippen molar-refractivity contribution in [1.29, 1.82) is 0 Å². The summed E-state index contributed by atoms with van der Waals surface area (Å²) < 4.78 is 5.57. The van der Waals surface area contributed by atoms with E-state index in [4.69, 9.17) is 9.84 Å². The summed E-state index contributed by atoms with van der Waals surface area (Å²) in [6, 6.07) is 0. The molecule has 0 atom stereocenters. The second kappa shape index (κ2) is 12.3. The Morgan fingerprint density at radius 3 is 2.10 bits per heavy atom. The minimum absolute atomic E-state index is 0.167. The van der Waals surface area contributed by atoms with E-state index < -0.39 is 5.97 Å². The lowest BCUT2D eigenvalue weighted by atomic mass is 9.69. The van der Waals surface area contributed by atoms with Crippen molar-refractivity contribution in [2.24, 2.45) is 17.3 Å². The highest BCUT2D eigenvalue weighted by Crippen LogP contribution is 2.41. The monoisotopic (exact) mass is 420 g/mol. The fourth-order valence-corrected chi connectivity index (χ4v) is 4.84. The van der Waals surface area contributed by atoms with Crippen LogP contribution < -0.4 is 0 Å². The number of rotatable bonds is 7. The number of esters is 1. The molecule has 2 aliphatic carbocycles. The SMILES string of the molecule is C=C(C(=O)O)C1CCC(C(C)(C)C)CC1.C=CC(=O)OC1(CCCC)CCCCC1. The quantitative estimate of drug-likeness (QED) is 0.353. The van der Waals surface area contributed by atoms with Crippen LogP contribution in [0.1, 0.15) is 105 Å². The minimum atomic E-state index is -0.825. The number of carboxylic acids is 1. The van der Waals surface area contributed by atoms with E-state index in [-0.39, 0.29) is 17.5 Å². The predicted molar refractivity (Wildman–Crippen MR) is 123 cm³/mol. The predicted octanol–water partition coefficient (Wildman–Crippen LogP) is 7.09. The molecule has 0 bridgehead atoms. The van der Waals surface area contributed by atoms with Gasteiger partial charge in [0.15, 0.2) is 0 Å². The molecule has 0 aliphatic heterocycles. The van der Waals surface area contributed by atoms with Crippen molar-refractivity contribution in [3.05, 3.63) is 24.8 Å². The van der Waals surface area contributed by atoms with Gasteiger partial charge in [-0.05, 0) is 81.5 Å². The second-order valence-corrected chi connectivity index (χ2v) is 10.2. The summed E-state index contributed by atoms with van der Waals surface area (Å²) in [5.74, 6) is -0.140. The van der Waals surface area contributed by atoms with Gasteiger partial charge in [0.1, 0.15) is 5.60 Å². The van der Waals surface area contributed by atoms with Gasteiger partial charge in [0.25, 0.3) is 0 Å². The van der Waals surface area contributed by atoms with Crippen molar-refractivity contribution >= 4 is 11.9 Å². The smallest absolute Gasteiger partial charge is 0.331 e. The molecule has 4 heteroatoms. The first kappa shape index (κ1) is 26.5. The summed E-state index contributed by atoms with van der Waals surface area (Å²) in [7, 11) is 0. The topological polar surface area (TPSA) is 63.6 Å². The Balaban J connectivity index is 0.000000300. The first-order valence-corrected chi connectivity index (χ1v) is 11.8. The molecule has 172 valence electrons. The standard InChI is InChI=1S/2C13H22O2/c1-9(12(14)15)10-5-7-11(8-6-10)13(2,3)4;1-3-5-9-13(15-12(14)4-2)10-7-6-8-11-13/h10-11H,1,5-8H2,2-4H3,(H,14,15);4H,2-3,5-11H2,1H3. The molecule has 2 aliphatic rings. The lowest BCUT2D eigenvalue weighted by Crippen LogP contribution is -2.36. The Labute approximate surface area is 184 Å². The van der Waals surface area contributed by atoms with Gasteiger partial charge in [0, 0.05) is 11.6 Å². The van der Waals surface area contributed by atoms with Crippen molar-refractivity contribution < 1.29 is 19.4 Å². The fraction of sp³-hybridized carbons (Fsp3) is 0.769. The maximum absolute atomic E-state index is 11.3. The molecule has 4 nitrogen and oxygen atoms in total. The Hall–Kier alpha value is -1.58. The Bertz CT molecular complexity index is 570. The summed E-state index contributed by atoms with van der Waals surface area (Å²) >= 11 is 0. The summed E-state index contributed by atoms with van der Waals surface area (Å²) in [6.07, 6.45) is 14.6. The van der Waals surface area contributed by atoms with E-state index in [1.54, 1.807) is 0 Å². The number of aliphatic carboxylic acids is 1. The van der Waals surface area contributed by atoms with Crippen LogP contribution in [0.2, 0.25) is 0 Å². The molecule has 0 aromatic heterocycles. The highest BCUT2D eigenvalue weighted by molar-refractivity contribution is 5.86. The minimum Gasteiger partial charge on any atom is -0.478 e. The van der Waals surface area contributed by atoms with Crippen LogP contribution in [-0.4, -0.2) is 22.6 Å². The molecule has 0 heterocycles. The molecule has 0 saturated heterocycles. The van der Waals surface area contributed by atoms with Gasteiger partial charge in [0.2, 0.25) is 0 Å². The third-order valence-electron chi connectivity index (χ3n) is 6.95. The molecule has 0 amide bonds. The van der Waals surface area contributed by atoms with Gasteiger partial charge < -0.3 is 9.84 Å². The van der Waals surface area contributed by atoms with Crippen LogP contribution in [0.4, 0.5) is 0 Å². The maximum atomic E-state index is 11.3. The average Bonchev–Trinajstić information content (AvgIpc) is 2.72. The first-order valence-electron chi connectivity index (χ1n) is 11.8. The van der Waals surface area contributed by atoms with E-state index in [1.807, 2.05) is 0 Å². The number of unbranched alkanes of at least 4 members (excludes halogenated alkanes) is 1. The lowest BCUT2D eigenvalue weighted by molar-refractivity contribution is -0.158. The summed E-state index contributed by atoms with van der Waals surface area (Å²) in [5, 5.41) is 8.86. The van der Waals surface area contributed by atoms with Crippen LogP contribution in [0.25, 0.3) is 0 Å². The number of hydrogen-bond acceptors (Lipinski definition) is 3. The molecule has 2 fully saturated rings. The van der Waals surface area contributed by atoms with Crippen LogP contribution in [-0.2, 0) is 14.3 Å². The first-order chi connectivity index (χ1) is 14.0. The molecule has 0 aromatic rings. The van der Waals surface area contributed by atoms with Gasteiger partial charge >= 0.3 is 11.9 Å². The van der Waals surface area contributed by atoms with Gasteiger partial charge in [-0.15, -0.1) is 0 Å². The molecule has 30 heavy (non-hydrogen) atoms. The van der Waals surface area contributed by atoms with Gasteiger partial charge in [-0.2, -0.15) is 0 Å². The van der Waals surface area contributed by atoms with E-state index in [0.29, 0.717) is 11.0 Å². The van der Waals surface area contributed by atoms with Crippen LogP contribution >= 0.6 is 0 Å². The number of carbonyl (C=O) groups excluding carboxylic acids is 1. The van der Waals surface area contributed by atoms with Crippen molar-refractivity contribution in [2.45, 2.75) is 110 Å². The third kappa shape index (κ3) is 8.65. The number of carboxylic acid groups (broad SMARTS) is 1. The normalized spacial score (nSPS) is 23.5. The third-order valence-corrected chi connectivity index (χ3v) is 6.95. The molecule has 1 N–H and O–H groups in total. The molecule has 2 rings (SSSR count). The van der Waals surface area contributed by atoms with E-state index in [1.165, 1.54) is 25.3 Å². The molecular weight excluding hydrogens is 376 g/mol. The van der Waals surface area contributed by atoms with Crippen molar-refractivity contribution in [3.63, 3.8) is 0 Å². The van der Waals surface area contributed by atoms with E-state index in [9.17, 15) is 9.59 Å². The Morgan fingerprint density at radius 2 is 1.67 bits per heavy atom. The second-order valence-electron chi connectivity index (χ2n) is 10.2. The van der Waals surface area contributed by atoms with E-state index >= 15 is 0 Å². The summed E-state index contributed by atoms with van der Waals surface area (Å²) in [6.45, 7) is 16.1. The van der Waals surface area contributed by atoms with Crippen molar-refractivity contribution in [2.75, 3.05) is 0 Å². The van der Waals surface area contributed by atoms with Crippen LogP contribution in [0.5, 0.6) is 0 Å². The van der Waals surface area contributed by atoms with Gasteiger partial charge in [-0.1, -0.05) is 53.7 Å². The van der Waals surface area contributed by atoms with E-state index in [0.717, 1.165) is 63.7 Å². The molecule has 2 saturated carbocycles. The van der Waals surface area contributed by atoms with Crippen molar-refractivity contribution in [3.8, 4) is 0 Å². The van der Waals surface area contributed by atoms with Gasteiger partial charge in [-0.25, -0.2) is 9.59 Å². The molecule has 0 unspecified atom stereocenters. The summed E-state index contributed by atoms with van der Waals surface area (Å²) in [5.41, 5.74) is 0.595. The van der Waals surface area contributed by atoms with Gasteiger partial charge in [0.05, 0.1) is 0 Å². The molecule has 0 spiro atoms. The van der Waals surface area contributed by atoms with Crippen LogP contribution in [0, 0.1) is 17.3 Å². The number of ether oxygens (including phenoxy) is 1. The molecular formula is C26H44O4. The highest BCUT2D eigenvalue weighted by atomic mass is 16.6. The van der Waals surface area contributed by atoms with Crippen LogP contribution in [0.3, 0.4) is 0 Å². The highest BCUT2D eigenvalue weighted by Gasteiger charge is 2.34. The van der Waals surface area contributed by atoms with Gasteiger partial charge in [-0.3, -0.25) is 0 Å².